The standard InChI is InChI=1S/C18H34N2/c1-15(2)9-12-20-13-10-18(11-14-20)19-17-6-4-5-16(3)7-8-17/h9,16-19H,4-8,10-14H2,1-3H3. The average molecular weight is 278 g/mol. The van der Waals surface area contributed by atoms with Crippen LogP contribution in [0.1, 0.15) is 65.7 Å². The van der Waals surface area contributed by atoms with E-state index >= 15 is 0 Å². The maximum absolute atomic E-state index is 3.96. The average Bonchev–Trinajstić information content (AvgIpc) is 2.63. The lowest BCUT2D eigenvalue weighted by atomic mass is 10.0. The van der Waals surface area contributed by atoms with Crippen molar-refractivity contribution in [1.82, 2.24) is 10.2 Å². The largest absolute Gasteiger partial charge is 0.311 e. The molecule has 1 heterocycles. The lowest BCUT2D eigenvalue weighted by molar-refractivity contribution is 0.203. The highest BCUT2D eigenvalue weighted by atomic mass is 15.1. The van der Waals surface area contributed by atoms with Crippen LogP contribution in [0, 0.1) is 5.92 Å². The van der Waals surface area contributed by atoms with Crippen molar-refractivity contribution in [3.8, 4) is 0 Å². The first kappa shape index (κ1) is 16.0. The smallest absolute Gasteiger partial charge is 0.0165 e. The summed E-state index contributed by atoms with van der Waals surface area (Å²) >= 11 is 0. The van der Waals surface area contributed by atoms with Crippen LogP contribution in [0.25, 0.3) is 0 Å². The minimum absolute atomic E-state index is 0.774. The van der Waals surface area contributed by atoms with Gasteiger partial charge < -0.3 is 5.32 Å². The van der Waals surface area contributed by atoms with E-state index in [1.807, 2.05) is 0 Å². The maximum atomic E-state index is 3.96. The molecule has 1 saturated heterocycles. The van der Waals surface area contributed by atoms with Gasteiger partial charge in [0.15, 0.2) is 0 Å². The minimum atomic E-state index is 0.774. The van der Waals surface area contributed by atoms with E-state index in [1.165, 1.54) is 63.6 Å². The zero-order valence-electron chi connectivity index (χ0n) is 13.8. The first-order valence-electron chi connectivity index (χ1n) is 8.75. The van der Waals surface area contributed by atoms with Crippen LogP contribution in [-0.4, -0.2) is 36.6 Å². The molecular weight excluding hydrogens is 244 g/mol. The Balaban J connectivity index is 1.67. The molecule has 0 amide bonds. The Kier molecular flexibility index (Phi) is 6.57. The highest BCUT2D eigenvalue weighted by Crippen LogP contribution is 2.24. The second-order valence-corrected chi connectivity index (χ2v) is 7.33. The Morgan fingerprint density at radius 2 is 1.70 bits per heavy atom. The van der Waals surface area contributed by atoms with Crippen molar-refractivity contribution in [2.45, 2.75) is 77.8 Å². The van der Waals surface area contributed by atoms with E-state index < -0.39 is 0 Å². The van der Waals surface area contributed by atoms with Crippen molar-refractivity contribution in [1.29, 1.82) is 0 Å². The third kappa shape index (κ3) is 5.57. The summed E-state index contributed by atoms with van der Waals surface area (Å²) in [5, 5.41) is 3.96. The van der Waals surface area contributed by atoms with E-state index in [9.17, 15) is 0 Å². The first-order chi connectivity index (χ1) is 9.63. The highest BCUT2D eigenvalue weighted by Gasteiger charge is 2.22. The predicted octanol–water partition coefficient (Wildman–Crippen LogP) is 3.98. The number of piperidine rings is 1. The molecule has 1 N–H and O–H groups in total. The molecule has 1 aliphatic carbocycles. The molecule has 1 aliphatic heterocycles. The van der Waals surface area contributed by atoms with Gasteiger partial charge in [-0.25, -0.2) is 0 Å². The van der Waals surface area contributed by atoms with Crippen molar-refractivity contribution in [3.63, 3.8) is 0 Å². The van der Waals surface area contributed by atoms with E-state index in [-0.39, 0.29) is 0 Å². The monoisotopic (exact) mass is 278 g/mol. The predicted molar refractivity (Wildman–Crippen MR) is 88.1 cm³/mol. The molecule has 20 heavy (non-hydrogen) atoms. The third-order valence-electron chi connectivity index (χ3n) is 5.07. The molecule has 2 unspecified atom stereocenters. The Labute approximate surface area is 126 Å². The molecule has 0 spiro atoms. The van der Waals surface area contributed by atoms with Gasteiger partial charge in [-0.15, -0.1) is 0 Å². The van der Waals surface area contributed by atoms with Crippen LogP contribution in [0.15, 0.2) is 11.6 Å². The van der Waals surface area contributed by atoms with E-state index in [1.54, 1.807) is 0 Å². The summed E-state index contributed by atoms with van der Waals surface area (Å²) in [6, 6.07) is 1.57. The van der Waals surface area contributed by atoms with Crippen molar-refractivity contribution < 1.29 is 0 Å². The summed E-state index contributed by atoms with van der Waals surface area (Å²) in [6.45, 7) is 10.5. The fraction of sp³-hybridized carbons (Fsp3) is 0.889. The molecule has 2 rings (SSSR count). The van der Waals surface area contributed by atoms with Crippen molar-refractivity contribution >= 4 is 0 Å². The van der Waals surface area contributed by atoms with E-state index in [0.717, 1.165) is 24.5 Å². The van der Waals surface area contributed by atoms with Crippen molar-refractivity contribution in [3.05, 3.63) is 11.6 Å². The summed E-state index contributed by atoms with van der Waals surface area (Å²) < 4.78 is 0. The van der Waals surface area contributed by atoms with Gasteiger partial charge in [0.2, 0.25) is 0 Å². The summed E-state index contributed by atoms with van der Waals surface area (Å²) in [5.74, 6) is 0.952. The lowest BCUT2D eigenvalue weighted by Crippen LogP contribution is -2.46. The number of allylic oxidation sites excluding steroid dienone is 1. The van der Waals surface area contributed by atoms with E-state index in [0.29, 0.717) is 0 Å². The normalized spacial score (nSPS) is 29.9. The maximum Gasteiger partial charge on any atom is 0.0165 e. The highest BCUT2D eigenvalue weighted by molar-refractivity contribution is 4.95. The topological polar surface area (TPSA) is 15.3 Å². The number of nitrogens with zero attached hydrogens (tertiary/aromatic N) is 1. The van der Waals surface area contributed by atoms with Gasteiger partial charge in [-0.1, -0.05) is 31.4 Å². The van der Waals surface area contributed by atoms with Crippen LogP contribution in [0.4, 0.5) is 0 Å². The molecule has 0 bridgehead atoms. The minimum Gasteiger partial charge on any atom is -0.311 e. The number of likely N-dealkylation sites (tertiary alicyclic amines) is 1. The Hall–Kier alpha value is -0.340. The van der Waals surface area contributed by atoms with Gasteiger partial charge in [-0.2, -0.15) is 0 Å². The van der Waals surface area contributed by atoms with Crippen molar-refractivity contribution in [2.24, 2.45) is 5.92 Å². The van der Waals surface area contributed by atoms with Gasteiger partial charge in [0.1, 0.15) is 0 Å². The quantitative estimate of drug-likeness (QED) is 0.618. The molecule has 2 fully saturated rings. The second-order valence-electron chi connectivity index (χ2n) is 7.33. The number of rotatable bonds is 4. The van der Waals surface area contributed by atoms with Gasteiger partial charge in [0.25, 0.3) is 0 Å². The van der Waals surface area contributed by atoms with Crippen LogP contribution in [-0.2, 0) is 0 Å². The van der Waals surface area contributed by atoms with Gasteiger partial charge in [0, 0.05) is 18.6 Å². The number of nitrogens with one attached hydrogen (secondary N) is 1. The zero-order chi connectivity index (χ0) is 14.4. The molecule has 2 heteroatoms. The summed E-state index contributed by atoms with van der Waals surface area (Å²) in [5.41, 5.74) is 1.44. The molecule has 1 saturated carbocycles. The molecule has 0 aromatic heterocycles. The molecule has 2 nitrogen and oxygen atoms in total. The summed E-state index contributed by atoms with van der Waals surface area (Å²) in [7, 11) is 0. The van der Waals surface area contributed by atoms with Crippen LogP contribution >= 0.6 is 0 Å². The van der Waals surface area contributed by atoms with Crippen LogP contribution in [0.2, 0.25) is 0 Å². The molecule has 2 atom stereocenters. The molecule has 0 aromatic rings. The molecule has 0 aromatic carbocycles. The molecule has 2 aliphatic rings. The van der Waals surface area contributed by atoms with E-state index in [2.05, 4.69) is 37.1 Å². The van der Waals surface area contributed by atoms with Crippen LogP contribution in [0.5, 0.6) is 0 Å². The Morgan fingerprint density at radius 1 is 1.00 bits per heavy atom. The third-order valence-corrected chi connectivity index (χ3v) is 5.07. The fourth-order valence-corrected chi connectivity index (χ4v) is 3.58. The SMILES string of the molecule is CC(C)=CCN1CCC(NC2CCCC(C)CC2)CC1. The second kappa shape index (κ2) is 8.19. The first-order valence-corrected chi connectivity index (χ1v) is 8.75. The Bertz CT molecular complexity index is 299. The van der Waals surface area contributed by atoms with Gasteiger partial charge >= 0.3 is 0 Å². The summed E-state index contributed by atoms with van der Waals surface area (Å²) in [6.07, 6.45) is 12.1. The number of hydrogen-bond donors (Lipinski definition) is 1. The summed E-state index contributed by atoms with van der Waals surface area (Å²) in [4.78, 5) is 2.60. The van der Waals surface area contributed by atoms with Crippen LogP contribution < -0.4 is 5.32 Å². The van der Waals surface area contributed by atoms with Gasteiger partial charge in [-0.05, 0) is 65.0 Å². The van der Waals surface area contributed by atoms with Crippen molar-refractivity contribution in [2.75, 3.05) is 19.6 Å². The van der Waals surface area contributed by atoms with Gasteiger partial charge in [-0.3, -0.25) is 4.90 Å². The van der Waals surface area contributed by atoms with E-state index in [4.69, 9.17) is 0 Å². The van der Waals surface area contributed by atoms with Gasteiger partial charge in [0.05, 0.1) is 0 Å². The number of hydrogen-bond acceptors (Lipinski definition) is 2. The zero-order valence-corrected chi connectivity index (χ0v) is 13.8. The molecular formula is C18H34N2. The Morgan fingerprint density at radius 3 is 2.40 bits per heavy atom. The fourth-order valence-electron chi connectivity index (χ4n) is 3.58. The van der Waals surface area contributed by atoms with Crippen LogP contribution in [0.3, 0.4) is 0 Å². The molecule has 116 valence electrons. The lowest BCUT2D eigenvalue weighted by Gasteiger charge is -2.34. The molecule has 0 radical (unpaired) electrons.